The number of hydrogen-bond donors (Lipinski definition) is 0. The zero-order chi connectivity index (χ0) is 23.2. The normalized spacial score (nSPS) is 23.7. The van der Waals surface area contributed by atoms with Gasteiger partial charge in [-0.1, -0.05) is 25.1 Å². The second-order valence-corrected chi connectivity index (χ2v) is 9.18. The highest BCUT2D eigenvalue weighted by molar-refractivity contribution is 6.01. The monoisotopic (exact) mass is 453 g/mol. The summed E-state index contributed by atoms with van der Waals surface area (Å²) in [6.45, 7) is 2.54. The number of hydrogen-bond acceptors (Lipinski definition) is 6. The van der Waals surface area contributed by atoms with Gasteiger partial charge in [-0.2, -0.15) is 0 Å². The Kier molecular flexibility index (Phi) is 3.68. The van der Waals surface area contributed by atoms with Crippen LogP contribution in [0.4, 0.5) is 5.69 Å². The lowest BCUT2D eigenvalue weighted by molar-refractivity contribution is -0.135. The van der Waals surface area contributed by atoms with E-state index in [1.54, 1.807) is 17.0 Å². The Morgan fingerprint density at radius 3 is 2.50 bits per heavy atom. The van der Waals surface area contributed by atoms with Crippen molar-refractivity contribution >= 4 is 23.5 Å². The molecule has 1 amide bonds. The third kappa shape index (κ3) is 2.38. The van der Waals surface area contributed by atoms with Crippen LogP contribution in [0.2, 0.25) is 0 Å². The Balaban J connectivity index is 1.47. The Hall–Kier alpha value is -4.13. The van der Waals surface area contributed by atoms with E-state index in [1.807, 2.05) is 49.4 Å². The molecule has 4 heterocycles. The van der Waals surface area contributed by atoms with Crippen LogP contribution in [0.25, 0.3) is 0 Å². The second kappa shape index (κ2) is 6.47. The number of esters is 2. The van der Waals surface area contributed by atoms with Gasteiger partial charge in [0, 0.05) is 41.1 Å². The van der Waals surface area contributed by atoms with E-state index in [4.69, 9.17) is 14.2 Å². The van der Waals surface area contributed by atoms with Crippen molar-refractivity contribution in [2.75, 3.05) is 11.4 Å². The minimum absolute atomic E-state index is 0.00658. The Labute approximate surface area is 194 Å². The summed E-state index contributed by atoms with van der Waals surface area (Å²) in [4.78, 5) is 39.0. The van der Waals surface area contributed by atoms with Crippen molar-refractivity contribution in [2.45, 2.75) is 25.4 Å². The molecule has 7 heteroatoms. The summed E-state index contributed by atoms with van der Waals surface area (Å²) < 4.78 is 18.0. The molecule has 0 aromatic heterocycles. The maximum absolute atomic E-state index is 13.0. The summed E-state index contributed by atoms with van der Waals surface area (Å²) >= 11 is 0. The lowest BCUT2D eigenvalue weighted by atomic mass is 9.76. The van der Waals surface area contributed by atoms with Crippen molar-refractivity contribution in [3.8, 4) is 17.2 Å². The van der Waals surface area contributed by atoms with E-state index in [-0.39, 0.29) is 24.2 Å². The van der Waals surface area contributed by atoms with Crippen LogP contribution in [0.15, 0.2) is 54.6 Å². The van der Waals surface area contributed by atoms with E-state index in [0.717, 1.165) is 16.8 Å². The Morgan fingerprint density at radius 2 is 1.68 bits per heavy atom. The predicted molar refractivity (Wildman–Crippen MR) is 120 cm³/mol. The topological polar surface area (TPSA) is 82.1 Å². The quantitative estimate of drug-likeness (QED) is 0.314. The fraction of sp³-hybridized carbons (Fsp3) is 0.222. The summed E-state index contributed by atoms with van der Waals surface area (Å²) in [7, 11) is 0. The van der Waals surface area contributed by atoms with Crippen LogP contribution in [-0.2, 0) is 26.3 Å². The average Bonchev–Trinajstić information content (AvgIpc) is 3.14. The maximum atomic E-state index is 13.0. The third-order valence-corrected chi connectivity index (χ3v) is 7.16. The van der Waals surface area contributed by atoms with Gasteiger partial charge in [-0.25, -0.2) is 4.79 Å². The third-order valence-electron chi connectivity index (χ3n) is 7.16. The van der Waals surface area contributed by atoms with Crippen LogP contribution >= 0.6 is 0 Å². The number of carbonyl (C=O) groups excluding carboxylic acids is 3. The molecular formula is C27H19NO6. The number of carbonyl (C=O) groups is 3. The number of amides is 1. The minimum Gasteiger partial charge on any atom is -0.456 e. The molecule has 7 nitrogen and oxygen atoms in total. The molecule has 1 saturated heterocycles. The summed E-state index contributed by atoms with van der Waals surface area (Å²) in [5.74, 6) is 0.749. The number of β-lactam (4-membered cyclic amide) rings is 1. The maximum Gasteiger partial charge on any atom is 0.340 e. The zero-order valence-corrected chi connectivity index (χ0v) is 18.3. The van der Waals surface area contributed by atoms with Crippen molar-refractivity contribution in [3.05, 3.63) is 82.4 Å². The van der Waals surface area contributed by atoms with Gasteiger partial charge in [0.2, 0.25) is 5.91 Å². The highest BCUT2D eigenvalue weighted by Crippen LogP contribution is 2.57. The smallest absolute Gasteiger partial charge is 0.340 e. The molecule has 0 saturated carbocycles. The van der Waals surface area contributed by atoms with Crippen LogP contribution in [0, 0.1) is 5.92 Å². The van der Waals surface area contributed by atoms with E-state index in [0.29, 0.717) is 46.9 Å². The average molecular weight is 453 g/mol. The number of aryl methyl sites for hydroxylation is 1. The van der Waals surface area contributed by atoms with Crippen molar-refractivity contribution in [2.24, 2.45) is 5.92 Å². The molecule has 34 heavy (non-hydrogen) atoms. The van der Waals surface area contributed by atoms with E-state index >= 15 is 0 Å². The fourth-order valence-corrected chi connectivity index (χ4v) is 5.43. The van der Waals surface area contributed by atoms with Gasteiger partial charge in [-0.3, -0.25) is 9.59 Å². The molecule has 2 atom stereocenters. The molecule has 4 aliphatic rings. The molecule has 0 radical (unpaired) electrons. The van der Waals surface area contributed by atoms with Gasteiger partial charge in [0.05, 0.1) is 17.9 Å². The van der Waals surface area contributed by atoms with Crippen LogP contribution < -0.4 is 14.4 Å². The van der Waals surface area contributed by atoms with Crippen molar-refractivity contribution in [1.29, 1.82) is 0 Å². The second-order valence-electron chi connectivity index (χ2n) is 9.18. The van der Waals surface area contributed by atoms with Crippen molar-refractivity contribution in [3.63, 3.8) is 0 Å². The van der Waals surface area contributed by atoms with E-state index in [9.17, 15) is 14.4 Å². The van der Waals surface area contributed by atoms with Crippen molar-refractivity contribution in [1.82, 2.24) is 0 Å². The molecule has 0 bridgehead atoms. The molecule has 0 aliphatic carbocycles. The van der Waals surface area contributed by atoms with Gasteiger partial charge < -0.3 is 19.1 Å². The number of rotatable bonds is 1. The molecule has 4 aliphatic heterocycles. The first-order chi connectivity index (χ1) is 16.5. The van der Waals surface area contributed by atoms with Crippen LogP contribution in [0.1, 0.15) is 46.0 Å². The zero-order valence-electron chi connectivity index (χ0n) is 18.3. The van der Waals surface area contributed by atoms with Crippen molar-refractivity contribution < 1.29 is 28.6 Å². The number of nitrogens with zero attached hydrogens (tertiary/aromatic N) is 1. The lowest BCUT2D eigenvalue weighted by Crippen LogP contribution is -2.51. The Bertz CT molecular complexity index is 1460. The number of fused-ring (bicyclic) bond motifs is 7. The Morgan fingerprint density at radius 1 is 0.853 bits per heavy atom. The summed E-state index contributed by atoms with van der Waals surface area (Å²) in [6, 6.07) is 16.5. The lowest BCUT2D eigenvalue weighted by Gasteiger charge is -2.39. The van der Waals surface area contributed by atoms with Gasteiger partial charge in [0.15, 0.2) is 5.60 Å². The largest absolute Gasteiger partial charge is 0.456 e. The van der Waals surface area contributed by atoms with Gasteiger partial charge in [0.1, 0.15) is 17.2 Å². The molecule has 168 valence electrons. The van der Waals surface area contributed by atoms with Crippen LogP contribution in [0.5, 0.6) is 17.2 Å². The molecular weight excluding hydrogens is 434 g/mol. The highest BCUT2D eigenvalue weighted by atomic mass is 16.6. The van der Waals surface area contributed by atoms with Gasteiger partial charge >= 0.3 is 11.9 Å². The van der Waals surface area contributed by atoms with E-state index in [1.165, 1.54) is 0 Å². The first kappa shape index (κ1) is 19.3. The van der Waals surface area contributed by atoms with Gasteiger partial charge in [0.25, 0.3) is 0 Å². The van der Waals surface area contributed by atoms with E-state index < -0.39 is 11.6 Å². The predicted octanol–water partition coefficient (Wildman–Crippen LogP) is 4.09. The molecule has 1 fully saturated rings. The van der Waals surface area contributed by atoms with Gasteiger partial charge in [-0.15, -0.1) is 0 Å². The number of anilines is 1. The molecule has 0 N–H and O–H groups in total. The first-order valence-electron chi connectivity index (χ1n) is 11.3. The molecule has 2 unspecified atom stereocenters. The van der Waals surface area contributed by atoms with E-state index in [2.05, 4.69) is 0 Å². The summed E-state index contributed by atoms with van der Waals surface area (Å²) in [5, 5.41) is 0. The van der Waals surface area contributed by atoms with Crippen LogP contribution in [-0.4, -0.2) is 24.4 Å². The molecule has 1 spiro atoms. The standard InChI is InChI=1S/C27H19NO6/c1-14-13-28(25(14)30)16-7-8-19-22(11-16)32-23-12-21-15(6-9-24(29)33-21)10-20(23)27(19)18-5-3-2-4-17(18)26(31)34-27/h2-5,7-8,10-12,14H,6,9,13H2,1H3. The fourth-order valence-electron chi connectivity index (χ4n) is 5.43. The SMILES string of the molecule is CC1CN(c2ccc3c(c2)Oc2cc4c(cc2C32OC(=O)c3ccccc32)CCC(=O)O4)C1=O. The molecule has 3 aromatic carbocycles. The minimum atomic E-state index is -1.20. The van der Waals surface area contributed by atoms with Gasteiger partial charge in [-0.05, 0) is 36.2 Å². The number of benzene rings is 3. The highest BCUT2D eigenvalue weighted by Gasteiger charge is 2.54. The summed E-state index contributed by atoms with van der Waals surface area (Å²) in [6.07, 6.45) is 0.826. The summed E-state index contributed by atoms with van der Waals surface area (Å²) in [5.41, 5.74) is 3.01. The first-order valence-corrected chi connectivity index (χ1v) is 11.3. The molecule has 3 aromatic rings. The van der Waals surface area contributed by atoms with Crippen LogP contribution in [0.3, 0.4) is 0 Å². The molecule has 7 rings (SSSR count). The number of ether oxygens (including phenoxy) is 3.